The molecule has 3 aromatic carbocycles. The number of hydrogen-bond acceptors (Lipinski definition) is 4. The molecule has 1 aromatic heterocycles. The zero-order valence-electron chi connectivity index (χ0n) is 19.4. The first-order valence-corrected chi connectivity index (χ1v) is 11.3. The highest BCUT2D eigenvalue weighted by Crippen LogP contribution is 2.24. The molecule has 0 aliphatic rings. The van der Waals surface area contributed by atoms with E-state index >= 15 is 0 Å². The number of aryl methyl sites for hydroxylation is 2. The predicted molar refractivity (Wildman–Crippen MR) is 139 cm³/mol. The number of halogens is 3. The molecule has 4 rings (SSSR count). The summed E-state index contributed by atoms with van der Waals surface area (Å²) >= 11 is 5.32. The zero-order chi connectivity index (χ0) is 25.7. The summed E-state index contributed by atoms with van der Waals surface area (Å²) in [5, 5.41) is 12.3. The van der Waals surface area contributed by atoms with Gasteiger partial charge in [-0.3, -0.25) is 5.43 Å². The Morgan fingerprint density at radius 1 is 0.972 bits per heavy atom. The number of alkyl halides is 3. The van der Waals surface area contributed by atoms with Gasteiger partial charge in [-0.25, -0.2) is 4.68 Å². The zero-order valence-corrected chi connectivity index (χ0v) is 20.2. The van der Waals surface area contributed by atoms with Crippen molar-refractivity contribution in [1.82, 2.24) is 15.2 Å². The molecule has 0 bridgehead atoms. The molecule has 0 saturated carbocycles. The fourth-order valence-electron chi connectivity index (χ4n) is 3.48. The first-order chi connectivity index (χ1) is 17.2. The van der Waals surface area contributed by atoms with Gasteiger partial charge < -0.3 is 10.1 Å². The molecule has 0 fully saturated rings. The Kier molecular flexibility index (Phi) is 7.35. The van der Waals surface area contributed by atoms with Crippen molar-refractivity contribution in [3.63, 3.8) is 0 Å². The molecule has 0 spiro atoms. The van der Waals surface area contributed by atoms with E-state index in [1.807, 2.05) is 62.4 Å². The summed E-state index contributed by atoms with van der Waals surface area (Å²) in [6, 6.07) is 20.9. The third kappa shape index (κ3) is 6.48. The van der Waals surface area contributed by atoms with Gasteiger partial charge in [-0.05, 0) is 73.1 Å². The fraction of sp³-hybridized carbons (Fsp3) is 0.115. The quantitative estimate of drug-likeness (QED) is 0.180. The van der Waals surface area contributed by atoms with Crippen LogP contribution in [0.15, 0.2) is 84.1 Å². The molecule has 184 valence electrons. The summed E-state index contributed by atoms with van der Waals surface area (Å²) in [7, 11) is 0. The van der Waals surface area contributed by atoms with Crippen LogP contribution in [-0.4, -0.2) is 27.5 Å². The maximum absolute atomic E-state index is 12.3. The Morgan fingerprint density at radius 2 is 1.64 bits per heavy atom. The summed E-state index contributed by atoms with van der Waals surface area (Å²) in [6.07, 6.45) is -1.33. The number of thiocarbonyl (C=S) groups is 1. The number of para-hydroxylation sites is 1. The smallest absolute Gasteiger partial charge is 0.406 e. The van der Waals surface area contributed by atoms with Crippen molar-refractivity contribution in [1.29, 1.82) is 0 Å². The van der Waals surface area contributed by atoms with E-state index in [9.17, 15) is 13.2 Å². The van der Waals surface area contributed by atoms with Crippen LogP contribution in [0.4, 0.5) is 18.9 Å². The molecule has 36 heavy (non-hydrogen) atoms. The van der Waals surface area contributed by atoms with Crippen LogP contribution >= 0.6 is 12.2 Å². The largest absolute Gasteiger partial charge is 0.573 e. The third-order valence-electron chi connectivity index (χ3n) is 5.23. The molecule has 0 radical (unpaired) electrons. The summed E-state index contributed by atoms with van der Waals surface area (Å²) in [5.41, 5.74) is 9.02. The van der Waals surface area contributed by atoms with Gasteiger partial charge in [0.15, 0.2) is 5.11 Å². The number of benzene rings is 3. The second-order valence-electron chi connectivity index (χ2n) is 7.90. The van der Waals surface area contributed by atoms with Crippen LogP contribution in [0.25, 0.3) is 16.9 Å². The number of hydrazone groups is 1. The average Bonchev–Trinajstić information content (AvgIpc) is 3.32. The summed E-state index contributed by atoms with van der Waals surface area (Å²) in [5.74, 6) is -0.285. The van der Waals surface area contributed by atoms with Gasteiger partial charge in [0.25, 0.3) is 0 Å². The molecular weight excluding hydrogens is 487 g/mol. The second kappa shape index (κ2) is 10.6. The van der Waals surface area contributed by atoms with Crippen molar-refractivity contribution in [3.05, 3.63) is 95.7 Å². The fourth-order valence-corrected chi connectivity index (χ4v) is 3.64. The Morgan fingerprint density at radius 3 is 2.28 bits per heavy atom. The molecular formula is C26H22F3N5OS. The topological polar surface area (TPSA) is 63.5 Å². The molecule has 0 saturated heterocycles. The van der Waals surface area contributed by atoms with Gasteiger partial charge in [0, 0.05) is 17.4 Å². The molecule has 0 unspecified atom stereocenters. The van der Waals surface area contributed by atoms with Crippen LogP contribution in [0.2, 0.25) is 0 Å². The molecule has 0 amide bonds. The summed E-state index contributed by atoms with van der Waals surface area (Å²) in [6.45, 7) is 4.02. The molecule has 0 aliphatic heterocycles. The van der Waals surface area contributed by atoms with Crippen LogP contribution in [0, 0.1) is 13.8 Å². The van der Waals surface area contributed by atoms with Gasteiger partial charge in [0.1, 0.15) is 5.75 Å². The Hall–Kier alpha value is -4.18. The van der Waals surface area contributed by atoms with E-state index in [0.717, 1.165) is 27.9 Å². The van der Waals surface area contributed by atoms with E-state index in [4.69, 9.17) is 12.2 Å². The van der Waals surface area contributed by atoms with Crippen molar-refractivity contribution in [2.75, 3.05) is 5.32 Å². The highest BCUT2D eigenvalue weighted by Gasteiger charge is 2.31. The minimum Gasteiger partial charge on any atom is -0.406 e. The minimum absolute atomic E-state index is 0.285. The van der Waals surface area contributed by atoms with Gasteiger partial charge in [0.05, 0.1) is 17.6 Å². The van der Waals surface area contributed by atoms with E-state index in [1.165, 1.54) is 24.3 Å². The number of ether oxygens (including phenoxy) is 1. The lowest BCUT2D eigenvalue weighted by Gasteiger charge is -2.12. The maximum atomic E-state index is 12.3. The maximum Gasteiger partial charge on any atom is 0.573 e. The minimum atomic E-state index is -4.73. The molecule has 6 nitrogen and oxygen atoms in total. The van der Waals surface area contributed by atoms with E-state index in [0.29, 0.717) is 16.5 Å². The Balaban J connectivity index is 1.36. The normalized spacial score (nSPS) is 11.5. The third-order valence-corrected chi connectivity index (χ3v) is 5.42. The standard InChI is InChI=1S/C26H22F3N5OS/c1-17-4-3-5-18(2)24(17)31-25(36)32-30-16-19-6-8-20(9-7-19)23-14-15-34(33-23)21-10-12-22(13-11-21)35-26(27,28)29/h3-16H,1-2H3,(H2,31,32,36). The van der Waals surface area contributed by atoms with Crippen LogP contribution in [0.1, 0.15) is 16.7 Å². The van der Waals surface area contributed by atoms with E-state index < -0.39 is 6.36 Å². The predicted octanol–water partition coefficient (Wildman–Crippen LogP) is 6.38. The summed E-state index contributed by atoms with van der Waals surface area (Å²) in [4.78, 5) is 0. The number of nitrogens with zero attached hydrogens (tertiary/aromatic N) is 3. The molecule has 0 aliphatic carbocycles. The van der Waals surface area contributed by atoms with Gasteiger partial charge >= 0.3 is 6.36 Å². The average molecular weight is 510 g/mol. The van der Waals surface area contributed by atoms with Gasteiger partial charge in [-0.2, -0.15) is 10.2 Å². The Labute approximate surface area is 211 Å². The van der Waals surface area contributed by atoms with Crippen LogP contribution in [-0.2, 0) is 0 Å². The highest BCUT2D eigenvalue weighted by molar-refractivity contribution is 7.80. The van der Waals surface area contributed by atoms with Crippen molar-refractivity contribution in [3.8, 4) is 22.7 Å². The van der Waals surface area contributed by atoms with Crippen LogP contribution in [0.3, 0.4) is 0 Å². The molecule has 4 aromatic rings. The molecule has 2 N–H and O–H groups in total. The Bertz CT molecular complexity index is 1360. The van der Waals surface area contributed by atoms with Gasteiger partial charge in [0.2, 0.25) is 0 Å². The lowest BCUT2D eigenvalue weighted by atomic mass is 10.1. The number of aromatic nitrogens is 2. The number of rotatable bonds is 6. The first-order valence-electron chi connectivity index (χ1n) is 10.9. The van der Waals surface area contributed by atoms with Gasteiger partial charge in [-0.1, -0.05) is 42.5 Å². The first kappa shape index (κ1) is 24.9. The van der Waals surface area contributed by atoms with Crippen LogP contribution in [0.5, 0.6) is 5.75 Å². The lowest BCUT2D eigenvalue weighted by molar-refractivity contribution is -0.274. The van der Waals surface area contributed by atoms with E-state index in [1.54, 1.807) is 17.1 Å². The molecule has 10 heteroatoms. The van der Waals surface area contributed by atoms with Crippen molar-refractivity contribution in [2.45, 2.75) is 20.2 Å². The second-order valence-corrected chi connectivity index (χ2v) is 8.31. The number of hydrogen-bond donors (Lipinski definition) is 2. The number of nitrogens with one attached hydrogen (secondary N) is 2. The van der Waals surface area contributed by atoms with Gasteiger partial charge in [-0.15, -0.1) is 13.2 Å². The van der Waals surface area contributed by atoms with Crippen LogP contribution < -0.4 is 15.5 Å². The highest BCUT2D eigenvalue weighted by atomic mass is 32.1. The molecule has 1 heterocycles. The number of anilines is 1. The monoisotopic (exact) mass is 509 g/mol. The van der Waals surface area contributed by atoms with Crippen molar-refractivity contribution < 1.29 is 17.9 Å². The molecule has 0 atom stereocenters. The van der Waals surface area contributed by atoms with E-state index in [-0.39, 0.29) is 5.75 Å². The van der Waals surface area contributed by atoms with Crippen molar-refractivity contribution >= 4 is 29.2 Å². The van der Waals surface area contributed by atoms with E-state index in [2.05, 4.69) is 25.7 Å². The lowest BCUT2D eigenvalue weighted by Crippen LogP contribution is -2.24. The SMILES string of the molecule is Cc1cccc(C)c1NC(=S)NN=Cc1ccc(-c2ccn(-c3ccc(OC(F)(F)F)cc3)n2)cc1. The van der Waals surface area contributed by atoms with Crippen molar-refractivity contribution in [2.24, 2.45) is 5.10 Å². The summed E-state index contributed by atoms with van der Waals surface area (Å²) < 4.78 is 42.5.